The molecule has 0 unspecified atom stereocenters. The first-order valence-electron chi connectivity index (χ1n) is 12.6. The number of hydrogen-bond acceptors (Lipinski definition) is 5. The molecule has 0 N–H and O–H groups in total. The van der Waals surface area contributed by atoms with Gasteiger partial charge in [0.05, 0.1) is 32.6 Å². The number of aromatic nitrogens is 4. The molecule has 2 heterocycles. The fraction of sp³-hybridized carbons (Fsp3) is 0.276. The summed E-state index contributed by atoms with van der Waals surface area (Å²) in [5.41, 5.74) is 0.464. The second-order valence-corrected chi connectivity index (χ2v) is 12.5. The maximum absolute atomic E-state index is 16.7. The van der Waals surface area contributed by atoms with Crippen LogP contribution in [0, 0.1) is 18.2 Å². The standard InChI is InChI=1S/C29H25F3N4O2S/c1-19-5-12-23(13-6-19)39(37,38)24-14-7-20-16-26-25(34-35-36(26)22-10-8-21(30)9-11-22)18-28(20,17-24)29(31,32)27-4-2-3-15-33-27/h2-6,8-13,15-16,24H,7,14,17-18H2,1H3/t24-,28+/m0/s1. The number of aryl methyl sites for hydroxylation is 1. The van der Waals surface area contributed by atoms with Crippen LogP contribution in [0.3, 0.4) is 0 Å². The quantitative estimate of drug-likeness (QED) is 0.311. The molecule has 2 aliphatic carbocycles. The maximum atomic E-state index is 16.7. The van der Waals surface area contributed by atoms with Gasteiger partial charge in [0, 0.05) is 12.6 Å². The third-order valence-corrected chi connectivity index (χ3v) is 10.1. The summed E-state index contributed by atoms with van der Waals surface area (Å²) in [6.45, 7) is 1.86. The Bertz CT molecular complexity index is 1670. The van der Waals surface area contributed by atoms with Gasteiger partial charge in [-0.05, 0) is 80.8 Å². The number of nitrogens with zero attached hydrogens (tertiary/aromatic N) is 4. The molecule has 2 aromatic heterocycles. The van der Waals surface area contributed by atoms with Crippen LogP contribution in [-0.2, 0) is 22.2 Å². The van der Waals surface area contributed by atoms with Gasteiger partial charge in [-0.3, -0.25) is 4.98 Å². The summed E-state index contributed by atoms with van der Waals surface area (Å²) >= 11 is 0. The molecule has 6 nitrogen and oxygen atoms in total. The van der Waals surface area contributed by atoms with Gasteiger partial charge >= 0.3 is 0 Å². The highest BCUT2D eigenvalue weighted by Gasteiger charge is 2.62. The normalized spacial score (nSPS) is 21.1. The Morgan fingerprint density at radius 3 is 2.46 bits per heavy atom. The predicted molar refractivity (Wildman–Crippen MR) is 140 cm³/mol. The molecule has 2 aliphatic rings. The van der Waals surface area contributed by atoms with E-state index in [2.05, 4.69) is 15.3 Å². The van der Waals surface area contributed by atoms with Crippen molar-refractivity contribution in [2.45, 2.75) is 48.7 Å². The van der Waals surface area contributed by atoms with Crippen molar-refractivity contribution in [2.24, 2.45) is 5.41 Å². The number of halogens is 3. The Kier molecular flexibility index (Phi) is 5.98. The van der Waals surface area contributed by atoms with E-state index in [9.17, 15) is 12.8 Å². The summed E-state index contributed by atoms with van der Waals surface area (Å²) in [5, 5.41) is 7.40. The van der Waals surface area contributed by atoms with Crippen molar-refractivity contribution in [1.82, 2.24) is 20.0 Å². The highest BCUT2D eigenvalue weighted by molar-refractivity contribution is 7.92. The number of sulfone groups is 1. The molecule has 0 radical (unpaired) electrons. The average Bonchev–Trinajstić information content (AvgIpc) is 3.34. The minimum Gasteiger partial charge on any atom is -0.255 e. The van der Waals surface area contributed by atoms with Crippen molar-refractivity contribution < 1.29 is 21.6 Å². The van der Waals surface area contributed by atoms with Gasteiger partial charge in [-0.1, -0.05) is 34.5 Å². The van der Waals surface area contributed by atoms with Crippen LogP contribution in [0.4, 0.5) is 13.2 Å². The summed E-state index contributed by atoms with van der Waals surface area (Å²) in [7, 11) is -3.89. The van der Waals surface area contributed by atoms with Crippen LogP contribution in [-0.4, -0.2) is 33.6 Å². The number of fused-ring (bicyclic) bond motifs is 2. The second kappa shape index (κ2) is 9.15. The van der Waals surface area contributed by atoms with Gasteiger partial charge in [-0.2, -0.15) is 8.78 Å². The maximum Gasteiger partial charge on any atom is 0.299 e. The van der Waals surface area contributed by atoms with Crippen molar-refractivity contribution in [3.63, 3.8) is 0 Å². The van der Waals surface area contributed by atoms with Gasteiger partial charge in [0.2, 0.25) is 0 Å². The smallest absolute Gasteiger partial charge is 0.255 e. The zero-order valence-corrected chi connectivity index (χ0v) is 21.9. The van der Waals surface area contributed by atoms with Gasteiger partial charge in [-0.25, -0.2) is 17.5 Å². The highest BCUT2D eigenvalue weighted by atomic mass is 32.2. The molecule has 39 heavy (non-hydrogen) atoms. The van der Waals surface area contributed by atoms with Crippen LogP contribution in [0.1, 0.15) is 41.9 Å². The van der Waals surface area contributed by atoms with Crippen molar-refractivity contribution in [3.05, 3.63) is 107 Å². The SMILES string of the molecule is Cc1ccc(S(=O)(=O)[C@H]2CCC3=Cc4c(nnn4-c4ccc(F)cc4)C[C@]3(C(F)(F)c3ccccn3)C2)cc1. The van der Waals surface area contributed by atoms with E-state index in [0.29, 0.717) is 22.6 Å². The molecule has 2 aromatic carbocycles. The van der Waals surface area contributed by atoms with E-state index in [0.717, 1.165) is 5.56 Å². The Morgan fingerprint density at radius 2 is 1.77 bits per heavy atom. The molecule has 0 spiro atoms. The van der Waals surface area contributed by atoms with Crippen molar-refractivity contribution in [3.8, 4) is 5.69 Å². The van der Waals surface area contributed by atoms with Gasteiger partial charge in [0.25, 0.3) is 5.92 Å². The Hall–Kier alpha value is -3.79. The number of pyridine rings is 1. The van der Waals surface area contributed by atoms with Gasteiger partial charge in [0.15, 0.2) is 9.84 Å². The first kappa shape index (κ1) is 25.5. The minimum absolute atomic E-state index is 0.126. The third kappa shape index (κ3) is 4.09. The van der Waals surface area contributed by atoms with Crippen LogP contribution < -0.4 is 0 Å². The molecule has 1 fully saturated rings. The molecule has 2 atom stereocenters. The minimum atomic E-state index is -3.89. The first-order chi connectivity index (χ1) is 18.6. The van der Waals surface area contributed by atoms with Crippen molar-refractivity contribution in [2.75, 3.05) is 0 Å². The van der Waals surface area contributed by atoms with E-state index in [4.69, 9.17) is 0 Å². The predicted octanol–water partition coefficient (Wildman–Crippen LogP) is 5.85. The van der Waals surface area contributed by atoms with Crippen LogP contribution in [0.2, 0.25) is 0 Å². The number of hydrogen-bond donors (Lipinski definition) is 0. The van der Waals surface area contributed by atoms with E-state index in [-0.39, 0.29) is 30.6 Å². The first-order valence-corrected chi connectivity index (χ1v) is 14.2. The largest absolute Gasteiger partial charge is 0.299 e. The van der Waals surface area contributed by atoms with Crippen LogP contribution in [0.5, 0.6) is 0 Å². The van der Waals surface area contributed by atoms with E-state index < -0.39 is 37.9 Å². The summed E-state index contributed by atoms with van der Waals surface area (Å²) in [6, 6.07) is 16.5. The fourth-order valence-corrected chi connectivity index (χ4v) is 7.64. The Labute approximate surface area is 224 Å². The lowest BCUT2D eigenvalue weighted by atomic mass is 9.60. The molecule has 0 aliphatic heterocycles. The molecule has 0 amide bonds. The van der Waals surface area contributed by atoms with Crippen molar-refractivity contribution >= 4 is 15.9 Å². The average molecular weight is 551 g/mol. The zero-order valence-electron chi connectivity index (χ0n) is 21.1. The Morgan fingerprint density at radius 1 is 1.03 bits per heavy atom. The molecular weight excluding hydrogens is 525 g/mol. The fourth-order valence-electron chi connectivity index (χ4n) is 5.81. The van der Waals surface area contributed by atoms with Crippen LogP contribution in [0.15, 0.2) is 83.4 Å². The molecule has 200 valence electrons. The molecule has 6 rings (SSSR count). The van der Waals surface area contributed by atoms with E-state index in [1.807, 2.05) is 6.92 Å². The zero-order chi connectivity index (χ0) is 27.4. The van der Waals surface area contributed by atoms with E-state index in [1.165, 1.54) is 59.4 Å². The lowest BCUT2D eigenvalue weighted by molar-refractivity contribution is -0.125. The summed E-state index contributed by atoms with van der Waals surface area (Å²) < 4.78 is 75.7. The van der Waals surface area contributed by atoms with E-state index >= 15 is 8.78 Å². The summed E-state index contributed by atoms with van der Waals surface area (Å²) in [6.07, 6.45) is 2.83. The lowest BCUT2D eigenvalue weighted by Crippen LogP contribution is -2.50. The van der Waals surface area contributed by atoms with Gasteiger partial charge in [-0.15, -0.1) is 5.10 Å². The second-order valence-electron chi connectivity index (χ2n) is 10.3. The Balaban J connectivity index is 1.48. The van der Waals surface area contributed by atoms with Gasteiger partial charge in [0.1, 0.15) is 11.5 Å². The lowest BCUT2D eigenvalue weighted by Gasteiger charge is -2.48. The van der Waals surface area contributed by atoms with Crippen LogP contribution >= 0.6 is 0 Å². The molecule has 0 bridgehead atoms. The topological polar surface area (TPSA) is 77.7 Å². The van der Waals surface area contributed by atoms with Crippen LogP contribution in [0.25, 0.3) is 11.8 Å². The number of allylic oxidation sites excluding steroid dienone is 1. The molecule has 10 heteroatoms. The van der Waals surface area contributed by atoms with Crippen molar-refractivity contribution in [1.29, 1.82) is 0 Å². The van der Waals surface area contributed by atoms with E-state index in [1.54, 1.807) is 24.3 Å². The molecule has 0 saturated heterocycles. The number of rotatable bonds is 5. The highest BCUT2D eigenvalue weighted by Crippen LogP contribution is 2.60. The number of benzene rings is 2. The molecular formula is C29H25F3N4O2S. The summed E-state index contributed by atoms with van der Waals surface area (Å²) in [5.74, 6) is -3.90. The molecule has 1 saturated carbocycles. The third-order valence-electron chi connectivity index (χ3n) is 7.93. The molecule has 4 aromatic rings. The number of alkyl halides is 2. The monoisotopic (exact) mass is 550 g/mol. The summed E-state index contributed by atoms with van der Waals surface area (Å²) in [4.78, 5) is 4.11. The van der Waals surface area contributed by atoms with Gasteiger partial charge < -0.3 is 0 Å².